The molecular weight excluding hydrogens is 192 g/mol. The van der Waals surface area contributed by atoms with Gasteiger partial charge in [0.25, 0.3) is 0 Å². The predicted molar refractivity (Wildman–Crippen MR) is 48.1 cm³/mol. The van der Waals surface area contributed by atoms with Crippen molar-refractivity contribution in [3.05, 3.63) is 0 Å². The molecule has 1 rings (SSSR count). The van der Waals surface area contributed by atoms with Gasteiger partial charge in [-0.15, -0.1) is 0 Å². The molecule has 13 heavy (non-hydrogen) atoms. The fourth-order valence-corrected chi connectivity index (χ4v) is 3.15. The summed E-state index contributed by atoms with van der Waals surface area (Å²) in [6.45, 7) is 3.59. The largest absolute Gasteiger partial charge is 0.481 e. The molecule has 0 radical (unpaired) electrons. The summed E-state index contributed by atoms with van der Waals surface area (Å²) in [5.41, 5.74) is -0.366. The standard InChI is InChI=1S/C8H14O4S/c1-8(2)5(4-13(3,11)12)6(8)7(9)10/h5-6H,4H2,1-3H3,(H,9,10). The zero-order valence-corrected chi connectivity index (χ0v) is 8.76. The minimum atomic E-state index is -3.06. The van der Waals surface area contributed by atoms with Crippen LogP contribution in [0, 0.1) is 17.3 Å². The SMILES string of the molecule is CC1(C)C(CS(C)(=O)=O)C1C(=O)O. The van der Waals surface area contributed by atoms with Crippen molar-refractivity contribution in [1.29, 1.82) is 0 Å². The lowest BCUT2D eigenvalue weighted by Gasteiger charge is -1.99. The van der Waals surface area contributed by atoms with E-state index in [0.29, 0.717) is 0 Å². The molecule has 0 amide bonds. The van der Waals surface area contributed by atoms with E-state index in [1.165, 1.54) is 0 Å². The fraction of sp³-hybridized carbons (Fsp3) is 0.875. The molecule has 1 saturated carbocycles. The monoisotopic (exact) mass is 206 g/mol. The lowest BCUT2D eigenvalue weighted by molar-refractivity contribution is -0.139. The van der Waals surface area contributed by atoms with Gasteiger partial charge in [-0.05, 0) is 11.3 Å². The first-order chi connectivity index (χ1) is 5.66. The maximum absolute atomic E-state index is 10.9. The molecule has 5 heteroatoms. The topological polar surface area (TPSA) is 71.4 Å². The van der Waals surface area contributed by atoms with Crippen LogP contribution in [0.3, 0.4) is 0 Å². The molecule has 1 aliphatic carbocycles. The van der Waals surface area contributed by atoms with Crippen LogP contribution in [-0.2, 0) is 14.6 Å². The molecule has 0 aromatic heterocycles. The Bertz CT molecular complexity index is 328. The minimum Gasteiger partial charge on any atom is -0.481 e. The van der Waals surface area contributed by atoms with Gasteiger partial charge in [-0.3, -0.25) is 4.79 Å². The van der Waals surface area contributed by atoms with E-state index in [-0.39, 0.29) is 17.1 Å². The van der Waals surface area contributed by atoms with Crippen LogP contribution in [0.1, 0.15) is 13.8 Å². The number of carboxylic acid groups (broad SMARTS) is 1. The smallest absolute Gasteiger partial charge is 0.307 e. The predicted octanol–water partition coefficient (Wildman–Crippen LogP) is 0.388. The average Bonchev–Trinajstić information content (AvgIpc) is 2.28. The Labute approximate surface area is 77.9 Å². The summed E-state index contributed by atoms with van der Waals surface area (Å²) >= 11 is 0. The van der Waals surface area contributed by atoms with E-state index < -0.39 is 21.7 Å². The Morgan fingerprint density at radius 2 is 1.92 bits per heavy atom. The number of hydrogen-bond donors (Lipinski definition) is 1. The highest BCUT2D eigenvalue weighted by Gasteiger charge is 2.62. The Morgan fingerprint density at radius 3 is 2.15 bits per heavy atom. The molecule has 1 fully saturated rings. The highest BCUT2D eigenvalue weighted by atomic mass is 32.2. The van der Waals surface area contributed by atoms with Crippen molar-refractivity contribution < 1.29 is 18.3 Å². The highest BCUT2D eigenvalue weighted by molar-refractivity contribution is 7.90. The van der Waals surface area contributed by atoms with Crippen LogP contribution < -0.4 is 0 Å². The van der Waals surface area contributed by atoms with E-state index in [2.05, 4.69) is 0 Å². The van der Waals surface area contributed by atoms with Crippen LogP contribution in [0.25, 0.3) is 0 Å². The van der Waals surface area contributed by atoms with Gasteiger partial charge in [-0.1, -0.05) is 13.8 Å². The van der Waals surface area contributed by atoms with E-state index in [1.807, 2.05) is 0 Å². The van der Waals surface area contributed by atoms with E-state index in [9.17, 15) is 13.2 Å². The average molecular weight is 206 g/mol. The maximum Gasteiger partial charge on any atom is 0.307 e. The van der Waals surface area contributed by atoms with Gasteiger partial charge in [0, 0.05) is 6.26 Å². The molecule has 0 saturated heterocycles. The molecule has 1 aliphatic rings. The van der Waals surface area contributed by atoms with Crippen LogP contribution in [0.4, 0.5) is 0 Å². The Morgan fingerprint density at radius 1 is 1.46 bits per heavy atom. The molecule has 76 valence electrons. The second-order valence-corrected chi connectivity index (χ2v) is 6.52. The lowest BCUT2D eigenvalue weighted by Crippen LogP contribution is -2.09. The molecular formula is C8H14O4S. The first-order valence-electron chi connectivity index (χ1n) is 4.07. The Balaban J connectivity index is 2.72. The Hall–Kier alpha value is -0.580. The third-order valence-electron chi connectivity index (χ3n) is 2.80. The summed E-state index contributed by atoms with van der Waals surface area (Å²) < 4.78 is 21.9. The quantitative estimate of drug-likeness (QED) is 0.725. The summed E-state index contributed by atoms with van der Waals surface area (Å²) in [4.78, 5) is 10.7. The number of rotatable bonds is 3. The van der Waals surface area contributed by atoms with Crippen LogP contribution in [0.15, 0.2) is 0 Å². The van der Waals surface area contributed by atoms with Crippen molar-refractivity contribution in [2.45, 2.75) is 13.8 Å². The molecule has 0 bridgehead atoms. The fourth-order valence-electron chi connectivity index (χ4n) is 1.87. The highest BCUT2D eigenvalue weighted by Crippen LogP contribution is 2.58. The van der Waals surface area contributed by atoms with Gasteiger partial charge in [0.05, 0.1) is 11.7 Å². The summed E-state index contributed by atoms with van der Waals surface area (Å²) in [6, 6.07) is 0. The van der Waals surface area contributed by atoms with Gasteiger partial charge in [0.2, 0.25) is 0 Å². The number of sulfone groups is 1. The molecule has 4 nitrogen and oxygen atoms in total. The van der Waals surface area contributed by atoms with Crippen LogP contribution in [-0.4, -0.2) is 31.5 Å². The van der Waals surface area contributed by atoms with E-state index in [1.54, 1.807) is 13.8 Å². The van der Waals surface area contributed by atoms with Crippen LogP contribution in [0.5, 0.6) is 0 Å². The second-order valence-electron chi connectivity index (χ2n) is 4.34. The maximum atomic E-state index is 10.9. The molecule has 2 atom stereocenters. The molecule has 1 N–H and O–H groups in total. The van der Waals surface area contributed by atoms with E-state index in [4.69, 9.17) is 5.11 Å². The van der Waals surface area contributed by atoms with Gasteiger partial charge >= 0.3 is 5.97 Å². The van der Waals surface area contributed by atoms with Gasteiger partial charge in [-0.25, -0.2) is 8.42 Å². The summed E-state index contributed by atoms with van der Waals surface area (Å²) in [5.74, 6) is -1.63. The molecule has 0 aromatic carbocycles. The molecule has 0 aromatic rings. The molecule has 0 heterocycles. The van der Waals surface area contributed by atoms with Gasteiger partial charge in [0.1, 0.15) is 9.84 Å². The number of aliphatic carboxylic acids is 1. The molecule has 0 aliphatic heterocycles. The van der Waals surface area contributed by atoms with Crippen molar-refractivity contribution in [2.24, 2.45) is 17.3 Å². The van der Waals surface area contributed by atoms with E-state index in [0.717, 1.165) is 6.26 Å². The minimum absolute atomic E-state index is 0.0169. The zero-order valence-electron chi connectivity index (χ0n) is 7.94. The van der Waals surface area contributed by atoms with Gasteiger partial charge < -0.3 is 5.11 Å². The first kappa shape index (κ1) is 10.5. The van der Waals surface area contributed by atoms with Crippen molar-refractivity contribution in [3.8, 4) is 0 Å². The second kappa shape index (κ2) is 2.70. The van der Waals surface area contributed by atoms with Crippen LogP contribution >= 0.6 is 0 Å². The normalized spacial score (nSPS) is 31.3. The lowest BCUT2D eigenvalue weighted by atomic mass is 10.1. The summed E-state index contributed by atoms with van der Waals surface area (Å²) in [6.07, 6.45) is 1.14. The molecule has 0 spiro atoms. The third-order valence-corrected chi connectivity index (χ3v) is 3.76. The third kappa shape index (κ3) is 2.02. The van der Waals surface area contributed by atoms with Crippen molar-refractivity contribution in [1.82, 2.24) is 0 Å². The Kier molecular flexibility index (Phi) is 2.18. The summed E-state index contributed by atoms with van der Waals surface area (Å²) in [5, 5.41) is 8.76. The first-order valence-corrected chi connectivity index (χ1v) is 6.13. The zero-order chi connectivity index (χ0) is 10.4. The van der Waals surface area contributed by atoms with Crippen molar-refractivity contribution >= 4 is 15.8 Å². The van der Waals surface area contributed by atoms with E-state index >= 15 is 0 Å². The molecule has 2 unspecified atom stereocenters. The number of carboxylic acids is 1. The van der Waals surface area contributed by atoms with Crippen LogP contribution in [0.2, 0.25) is 0 Å². The number of hydrogen-bond acceptors (Lipinski definition) is 3. The van der Waals surface area contributed by atoms with Gasteiger partial charge in [-0.2, -0.15) is 0 Å². The van der Waals surface area contributed by atoms with Crippen molar-refractivity contribution in [3.63, 3.8) is 0 Å². The summed E-state index contributed by atoms with van der Waals surface area (Å²) in [7, 11) is -3.06. The van der Waals surface area contributed by atoms with Gasteiger partial charge in [0.15, 0.2) is 0 Å². The van der Waals surface area contributed by atoms with Crippen molar-refractivity contribution in [2.75, 3.05) is 12.0 Å². The number of carbonyl (C=O) groups is 1.